The van der Waals surface area contributed by atoms with E-state index in [4.69, 9.17) is 11.5 Å². The number of benzene rings is 2. The van der Waals surface area contributed by atoms with E-state index in [0.717, 1.165) is 22.0 Å². The number of amides is 2. The van der Waals surface area contributed by atoms with Crippen molar-refractivity contribution in [3.05, 3.63) is 77.2 Å². The second-order valence-electron chi connectivity index (χ2n) is 6.90. The van der Waals surface area contributed by atoms with E-state index in [-0.39, 0.29) is 11.5 Å². The van der Waals surface area contributed by atoms with Crippen LogP contribution in [0.15, 0.2) is 64.8 Å². The standard InChI is InChI=1S/C22H20N6O2S/c1-12-5-4-7-15-18(12)13(9-25-15)10-27-22(30)19-20(23)26-11-17(28-19)31-16-8-3-2-6-14(16)21(24)29/h2-9,11,25H,10H2,1H3,(H2,23,26)(H2,24,29)(H,27,30). The number of anilines is 1. The molecule has 4 aromatic rings. The number of hydrogen-bond acceptors (Lipinski definition) is 6. The molecule has 0 bridgehead atoms. The Morgan fingerprint density at radius 1 is 1.16 bits per heavy atom. The van der Waals surface area contributed by atoms with Crippen molar-refractivity contribution < 1.29 is 9.59 Å². The van der Waals surface area contributed by atoms with E-state index in [1.165, 1.54) is 18.0 Å². The van der Waals surface area contributed by atoms with Crippen molar-refractivity contribution in [3.8, 4) is 0 Å². The summed E-state index contributed by atoms with van der Waals surface area (Å²) in [6.45, 7) is 2.34. The average Bonchev–Trinajstić information content (AvgIpc) is 3.18. The average molecular weight is 433 g/mol. The summed E-state index contributed by atoms with van der Waals surface area (Å²) in [7, 11) is 0. The molecular weight excluding hydrogens is 412 g/mol. The molecule has 2 amide bonds. The lowest BCUT2D eigenvalue weighted by atomic mass is 10.1. The summed E-state index contributed by atoms with van der Waals surface area (Å²) >= 11 is 1.19. The van der Waals surface area contributed by atoms with E-state index < -0.39 is 11.8 Å². The second-order valence-corrected chi connectivity index (χ2v) is 7.96. The zero-order chi connectivity index (χ0) is 22.0. The van der Waals surface area contributed by atoms with Gasteiger partial charge in [-0.3, -0.25) is 9.59 Å². The molecule has 0 aliphatic carbocycles. The molecule has 0 aliphatic rings. The lowest BCUT2D eigenvalue weighted by molar-refractivity contribution is 0.0944. The number of aromatic amines is 1. The normalized spacial score (nSPS) is 10.9. The Bertz CT molecular complexity index is 1300. The van der Waals surface area contributed by atoms with Crippen molar-refractivity contribution in [2.45, 2.75) is 23.4 Å². The van der Waals surface area contributed by atoms with Crippen LogP contribution in [0, 0.1) is 6.92 Å². The van der Waals surface area contributed by atoms with E-state index >= 15 is 0 Å². The van der Waals surface area contributed by atoms with Gasteiger partial charge in [-0.2, -0.15) is 0 Å². The van der Waals surface area contributed by atoms with E-state index in [1.54, 1.807) is 24.3 Å². The zero-order valence-electron chi connectivity index (χ0n) is 16.7. The Kier molecular flexibility index (Phi) is 5.59. The Morgan fingerprint density at radius 2 is 1.97 bits per heavy atom. The number of rotatable bonds is 6. The molecule has 31 heavy (non-hydrogen) atoms. The van der Waals surface area contributed by atoms with Crippen LogP contribution < -0.4 is 16.8 Å². The van der Waals surface area contributed by atoms with Crippen LogP contribution in [-0.2, 0) is 6.54 Å². The minimum atomic E-state index is -0.543. The number of carbonyl (C=O) groups is 2. The Labute approximate surface area is 182 Å². The van der Waals surface area contributed by atoms with Crippen LogP contribution in [0.3, 0.4) is 0 Å². The van der Waals surface area contributed by atoms with Gasteiger partial charge in [-0.05, 0) is 36.2 Å². The molecule has 4 rings (SSSR count). The molecule has 9 heteroatoms. The van der Waals surface area contributed by atoms with Crippen molar-refractivity contribution in [1.82, 2.24) is 20.3 Å². The predicted molar refractivity (Wildman–Crippen MR) is 120 cm³/mol. The number of nitrogens with zero attached hydrogens (tertiary/aromatic N) is 2. The number of hydrogen-bond donors (Lipinski definition) is 4. The van der Waals surface area contributed by atoms with Gasteiger partial charge in [0.25, 0.3) is 5.91 Å². The molecule has 8 nitrogen and oxygen atoms in total. The lowest BCUT2D eigenvalue weighted by Gasteiger charge is -2.09. The minimum Gasteiger partial charge on any atom is -0.382 e. The molecule has 0 fully saturated rings. The number of carbonyl (C=O) groups excluding carboxylic acids is 2. The number of aromatic nitrogens is 3. The third kappa shape index (κ3) is 4.22. The molecule has 0 aliphatic heterocycles. The molecule has 0 radical (unpaired) electrons. The highest BCUT2D eigenvalue weighted by molar-refractivity contribution is 7.99. The molecule has 0 atom stereocenters. The van der Waals surface area contributed by atoms with Crippen molar-refractivity contribution in [2.75, 3.05) is 5.73 Å². The minimum absolute atomic E-state index is 0.0260. The Balaban J connectivity index is 1.54. The molecule has 0 saturated carbocycles. The van der Waals surface area contributed by atoms with Gasteiger partial charge in [-0.1, -0.05) is 36.0 Å². The fraction of sp³-hybridized carbons (Fsp3) is 0.0909. The Hall–Kier alpha value is -3.85. The number of nitrogens with one attached hydrogen (secondary N) is 2. The van der Waals surface area contributed by atoms with Crippen LogP contribution in [0.25, 0.3) is 10.9 Å². The number of fused-ring (bicyclic) bond motifs is 1. The van der Waals surface area contributed by atoms with Crippen molar-refractivity contribution >= 4 is 40.3 Å². The SMILES string of the molecule is Cc1cccc2[nH]cc(CNC(=O)c3nc(Sc4ccccc4C(N)=O)cnc3N)c12. The van der Waals surface area contributed by atoms with Gasteiger partial charge in [0, 0.05) is 28.5 Å². The second kappa shape index (κ2) is 8.49. The summed E-state index contributed by atoms with van der Waals surface area (Å²) < 4.78 is 0. The summed E-state index contributed by atoms with van der Waals surface area (Å²) in [5.74, 6) is -0.947. The molecule has 0 unspecified atom stereocenters. The molecule has 6 N–H and O–H groups in total. The van der Waals surface area contributed by atoms with Gasteiger partial charge in [0.1, 0.15) is 5.03 Å². The van der Waals surface area contributed by atoms with Crippen LogP contribution in [0.5, 0.6) is 0 Å². The summed E-state index contributed by atoms with van der Waals surface area (Å²) in [4.78, 5) is 36.7. The number of H-pyrrole nitrogens is 1. The van der Waals surface area contributed by atoms with Gasteiger partial charge in [0.15, 0.2) is 11.5 Å². The highest BCUT2D eigenvalue weighted by Crippen LogP contribution is 2.29. The molecule has 156 valence electrons. The van der Waals surface area contributed by atoms with Gasteiger partial charge in [0.05, 0.1) is 11.8 Å². The van der Waals surface area contributed by atoms with Crippen molar-refractivity contribution in [2.24, 2.45) is 5.73 Å². The first-order valence-electron chi connectivity index (χ1n) is 9.47. The highest BCUT2D eigenvalue weighted by Gasteiger charge is 2.17. The topological polar surface area (TPSA) is 140 Å². The number of primary amides is 1. The first-order chi connectivity index (χ1) is 14.9. The van der Waals surface area contributed by atoms with E-state index in [9.17, 15) is 9.59 Å². The van der Waals surface area contributed by atoms with Crippen LogP contribution in [0.2, 0.25) is 0 Å². The first-order valence-corrected chi connectivity index (χ1v) is 10.3. The van der Waals surface area contributed by atoms with Gasteiger partial charge in [0.2, 0.25) is 5.91 Å². The van der Waals surface area contributed by atoms with Gasteiger partial charge in [-0.15, -0.1) is 0 Å². The van der Waals surface area contributed by atoms with Crippen molar-refractivity contribution in [1.29, 1.82) is 0 Å². The predicted octanol–water partition coefficient (Wildman–Crippen LogP) is 3.03. The Morgan fingerprint density at radius 3 is 2.77 bits per heavy atom. The zero-order valence-corrected chi connectivity index (χ0v) is 17.5. The van der Waals surface area contributed by atoms with Gasteiger partial charge in [-0.25, -0.2) is 9.97 Å². The summed E-state index contributed by atoms with van der Waals surface area (Å²) in [6.07, 6.45) is 3.33. The van der Waals surface area contributed by atoms with Crippen LogP contribution in [0.4, 0.5) is 5.82 Å². The molecule has 2 aromatic carbocycles. The summed E-state index contributed by atoms with van der Waals surface area (Å²) in [6, 6.07) is 12.9. The fourth-order valence-electron chi connectivity index (χ4n) is 3.32. The van der Waals surface area contributed by atoms with Crippen LogP contribution in [0.1, 0.15) is 32.0 Å². The number of aryl methyl sites for hydroxylation is 1. The smallest absolute Gasteiger partial charge is 0.274 e. The van der Waals surface area contributed by atoms with E-state index in [0.29, 0.717) is 22.0 Å². The maximum Gasteiger partial charge on any atom is 0.274 e. The summed E-state index contributed by atoms with van der Waals surface area (Å²) in [5, 5.41) is 4.36. The third-order valence-corrected chi connectivity index (χ3v) is 5.78. The van der Waals surface area contributed by atoms with E-state index in [1.807, 2.05) is 31.3 Å². The summed E-state index contributed by atoms with van der Waals surface area (Å²) in [5.41, 5.74) is 14.8. The molecule has 0 saturated heterocycles. The third-order valence-electron chi connectivity index (χ3n) is 4.80. The van der Waals surface area contributed by atoms with Crippen LogP contribution >= 0.6 is 11.8 Å². The van der Waals surface area contributed by atoms with Gasteiger partial charge >= 0.3 is 0 Å². The van der Waals surface area contributed by atoms with Gasteiger partial charge < -0.3 is 21.8 Å². The molecule has 0 spiro atoms. The number of nitrogen functional groups attached to an aromatic ring is 1. The molecular formula is C22H20N6O2S. The fourth-order valence-corrected chi connectivity index (χ4v) is 4.21. The first kappa shape index (κ1) is 20.4. The molecule has 2 heterocycles. The largest absolute Gasteiger partial charge is 0.382 e. The lowest BCUT2D eigenvalue weighted by Crippen LogP contribution is -2.25. The molecule has 2 aromatic heterocycles. The monoisotopic (exact) mass is 432 g/mol. The number of nitrogens with two attached hydrogens (primary N) is 2. The van der Waals surface area contributed by atoms with E-state index in [2.05, 4.69) is 20.3 Å². The van der Waals surface area contributed by atoms with Crippen molar-refractivity contribution in [3.63, 3.8) is 0 Å². The quantitative estimate of drug-likeness (QED) is 0.369. The maximum atomic E-state index is 12.8. The maximum absolute atomic E-state index is 12.8. The highest BCUT2D eigenvalue weighted by atomic mass is 32.2. The van der Waals surface area contributed by atoms with Crippen LogP contribution in [-0.4, -0.2) is 26.8 Å².